The van der Waals surface area contributed by atoms with Crippen molar-refractivity contribution in [2.75, 3.05) is 6.26 Å². The van der Waals surface area contributed by atoms with E-state index in [4.69, 9.17) is 5.73 Å². The second-order valence-corrected chi connectivity index (χ2v) is 2.51. The van der Waals surface area contributed by atoms with E-state index >= 15 is 0 Å². The van der Waals surface area contributed by atoms with Crippen LogP contribution in [-0.4, -0.2) is 16.2 Å². The van der Waals surface area contributed by atoms with Gasteiger partial charge in [-0.1, -0.05) is 11.8 Å². The first-order valence-corrected chi connectivity index (χ1v) is 4.15. The first-order valence-electron chi connectivity index (χ1n) is 2.93. The molecular weight excluding hydrogens is 217 g/mol. The van der Waals surface area contributed by atoms with Crippen molar-refractivity contribution in [1.29, 1.82) is 0 Å². The maximum Gasteiger partial charge on any atom is 0.187 e. The molecule has 0 radical (unpaired) electrons. The molecule has 1 rings (SSSR count). The van der Waals surface area contributed by atoms with Gasteiger partial charge in [0.2, 0.25) is 0 Å². The summed E-state index contributed by atoms with van der Waals surface area (Å²) in [6.45, 7) is 0.482. The predicted octanol–water partition coefficient (Wildman–Crippen LogP) is 1.50. The molecule has 0 spiro atoms. The van der Waals surface area contributed by atoms with Gasteiger partial charge in [-0.25, -0.2) is 9.97 Å². The summed E-state index contributed by atoms with van der Waals surface area (Å²) in [6.07, 6.45) is 3.66. The number of halogens is 2. The molecule has 0 bridgehead atoms. The van der Waals surface area contributed by atoms with Crippen LogP contribution in [0.5, 0.6) is 0 Å². The molecule has 1 aromatic heterocycles. The third kappa shape index (κ3) is 4.11. The zero-order valence-electron chi connectivity index (χ0n) is 6.56. The third-order valence-corrected chi connectivity index (χ3v) is 1.64. The molecule has 0 aliphatic rings. The van der Waals surface area contributed by atoms with Gasteiger partial charge in [0.1, 0.15) is 0 Å². The van der Waals surface area contributed by atoms with Crippen molar-refractivity contribution < 1.29 is 0 Å². The van der Waals surface area contributed by atoms with Crippen LogP contribution in [0.2, 0.25) is 0 Å². The van der Waals surface area contributed by atoms with Gasteiger partial charge in [-0.2, -0.15) is 0 Å². The lowest BCUT2D eigenvalue weighted by molar-refractivity contribution is 0.876. The van der Waals surface area contributed by atoms with Gasteiger partial charge in [-0.3, -0.25) is 0 Å². The first kappa shape index (κ1) is 14.5. The van der Waals surface area contributed by atoms with Crippen molar-refractivity contribution in [2.24, 2.45) is 5.73 Å². The minimum Gasteiger partial charge on any atom is -0.325 e. The summed E-state index contributed by atoms with van der Waals surface area (Å²) in [7, 11) is 0. The van der Waals surface area contributed by atoms with Crippen molar-refractivity contribution in [2.45, 2.75) is 11.7 Å². The van der Waals surface area contributed by atoms with E-state index in [9.17, 15) is 0 Å². The average molecular weight is 228 g/mol. The summed E-state index contributed by atoms with van der Waals surface area (Å²) >= 11 is 1.52. The summed E-state index contributed by atoms with van der Waals surface area (Å²) in [6, 6.07) is 1.82. The number of rotatable bonds is 2. The topological polar surface area (TPSA) is 51.8 Å². The van der Waals surface area contributed by atoms with Crippen LogP contribution in [-0.2, 0) is 6.54 Å². The first-order chi connectivity index (χ1) is 4.86. The van der Waals surface area contributed by atoms with E-state index in [0.29, 0.717) is 6.54 Å². The summed E-state index contributed by atoms with van der Waals surface area (Å²) in [5, 5.41) is 0.781. The molecule has 0 fully saturated rings. The van der Waals surface area contributed by atoms with E-state index in [1.807, 2.05) is 12.3 Å². The number of nitrogens with zero attached hydrogens (tertiary/aromatic N) is 2. The van der Waals surface area contributed by atoms with Crippen LogP contribution < -0.4 is 5.73 Å². The lowest BCUT2D eigenvalue weighted by Gasteiger charge is -1.96. The Hall–Kier alpha value is -0.0300. The Morgan fingerprint density at radius 2 is 2.17 bits per heavy atom. The SMILES string of the molecule is CSc1nccc(CN)n1.Cl.Cl. The second-order valence-electron chi connectivity index (χ2n) is 1.74. The van der Waals surface area contributed by atoms with E-state index in [1.54, 1.807) is 6.20 Å². The Balaban J connectivity index is 0. The number of thioether (sulfide) groups is 1. The maximum atomic E-state index is 5.37. The quantitative estimate of drug-likeness (QED) is 0.615. The lowest BCUT2D eigenvalue weighted by Crippen LogP contribution is -2.00. The van der Waals surface area contributed by atoms with Crippen molar-refractivity contribution >= 4 is 36.6 Å². The fourth-order valence-electron chi connectivity index (χ4n) is 0.588. The van der Waals surface area contributed by atoms with Gasteiger partial charge in [0.05, 0.1) is 5.69 Å². The van der Waals surface area contributed by atoms with Gasteiger partial charge in [0.15, 0.2) is 5.16 Å². The van der Waals surface area contributed by atoms with Crippen LogP contribution in [0.4, 0.5) is 0 Å². The summed E-state index contributed by atoms with van der Waals surface area (Å²) in [5.74, 6) is 0. The van der Waals surface area contributed by atoms with E-state index in [1.165, 1.54) is 11.8 Å². The Bertz CT molecular complexity index is 202. The zero-order valence-corrected chi connectivity index (χ0v) is 9.01. The van der Waals surface area contributed by atoms with E-state index in [2.05, 4.69) is 9.97 Å². The molecule has 0 aromatic carbocycles. The molecule has 0 unspecified atom stereocenters. The van der Waals surface area contributed by atoms with Crippen molar-refractivity contribution in [3.63, 3.8) is 0 Å². The zero-order chi connectivity index (χ0) is 7.40. The van der Waals surface area contributed by atoms with Gasteiger partial charge >= 0.3 is 0 Å². The Morgan fingerprint density at radius 1 is 1.50 bits per heavy atom. The van der Waals surface area contributed by atoms with Gasteiger partial charge in [-0.05, 0) is 12.3 Å². The number of aromatic nitrogens is 2. The van der Waals surface area contributed by atoms with Gasteiger partial charge < -0.3 is 5.73 Å². The fraction of sp³-hybridized carbons (Fsp3) is 0.333. The highest BCUT2D eigenvalue weighted by Gasteiger charge is 1.93. The Morgan fingerprint density at radius 3 is 2.67 bits per heavy atom. The highest BCUT2D eigenvalue weighted by molar-refractivity contribution is 7.98. The van der Waals surface area contributed by atoms with Crippen LogP contribution in [0, 0.1) is 0 Å². The molecule has 70 valence electrons. The van der Waals surface area contributed by atoms with Crippen LogP contribution in [0.25, 0.3) is 0 Å². The molecule has 0 atom stereocenters. The molecule has 6 heteroatoms. The van der Waals surface area contributed by atoms with Crippen molar-refractivity contribution in [1.82, 2.24) is 9.97 Å². The number of nitrogens with two attached hydrogens (primary N) is 1. The normalized spacial score (nSPS) is 8.17. The van der Waals surface area contributed by atoms with Gasteiger partial charge in [0, 0.05) is 12.7 Å². The van der Waals surface area contributed by atoms with Crippen molar-refractivity contribution in [3.8, 4) is 0 Å². The Kier molecular flexibility index (Phi) is 9.19. The highest BCUT2D eigenvalue weighted by atomic mass is 35.5. The molecule has 2 N–H and O–H groups in total. The summed E-state index contributed by atoms with van der Waals surface area (Å²) in [5.41, 5.74) is 6.26. The molecule has 12 heavy (non-hydrogen) atoms. The van der Waals surface area contributed by atoms with E-state index < -0.39 is 0 Å². The fourth-order valence-corrected chi connectivity index (χ4v) is 0.963. The molecule has 0 amide bonds. The molecule has 1 aromatic rings. The molecule has 1 heterocycles. The third-order valence-electron chi connectivity index (χ3n) is 1.08. The molecule has 0 saturated carbocycles. The molecule has 3 nitrogen and oxygen atoms in total. The molecule has 0 saturated heterocycles. The average Bonchev–Trinajstić information content (AvgIpc) is 2.05. The second kappa shape index (κ2) is 7.61. The lowest BCUT2D eigenvalue weighted by atomic mass is 10.4. The summed E-state index contributed by atoms with van der Waals surface area (Å²) < 4.78 is 0. The Labute approximate surface area is 88.4 Å². The molecule has 0 aliphatic carbocycles. The van der Waals surface area contributed by atoms with Crippen LogP contribution >= 0.6 is 36.6 Å². The number of hydrogen-bond donors (Lipinski definition) is 1. The largest absolute Gasteiger partial charge is 0.325 e. The smallest absolute Gasteiger partial charge is 0.187 e. The summed E-state index contributed by atoms with van der Waals surface area (Å²) in [4.78, 5) is 8.14. The molecular formula is C6H11Cl2N3S. The highest BCUT2D eigenvalue weighted by Crippen LogP contribution is 2.06. The van der Waals surface area contributed by atoms with Gasteiger partial charge in [-0.15, -0.1) is 24.8 Å². The van der Waals surface area contributed by atoms with Crippen LogP contribution in [0.1, 0.15) is 5.69 Å². The minimum absolute atomic E-state index is 0. The maximum absolute atomic E-state index is 5.37. The van der Waals surface area contributed by atoms with E-state index in [0.717, 1.165) is 10.9 Å². The van der Waals surface area contributed by atoms with Crippen LogP contribution in [0.15, 0.2) is 17.4 Å². The van der Waals surface area contributed by atoms with E-state index in [-0.39, 0.29) is 24.8 Å². The minimum atomic E-state index is 0. The number of hydrogen-bond acceptors (Lipinski definition) is 4. The molecule has 0 aliphatic heterocycles. The monoisotopic (exact) mass is 227 g/mol. The standard InChI is InChI=1S/C6H9N3S.2ClH/c1-10-6-8-3-2-5(4-7)9-6;;/h2-3H,4,7H2,1H3;2*1H. The predicted molar refractivity (Wildman–Crippen MR) is 56.2 cm³/mol. The van der Waals surface area contributed by atoms with Crippen molar-refractivity contribution in [3.05, 3.63) is 18.0 Å². The van der Waals surface area contributed by atoms with Crippen LogP contribution in [0.3, 0.4) is 0 Å². The van der Waals surface area contributed by atoms with Gasteiger partial charge in [0.25, 0.3) is 0 Å².